The summed E-state index contributed by atoms with van der Waals surface area (Å²) in [5, 5.41) is 10.3. The molecule has 1 atom stereocenters. The molecule has 0 aromatic carbocycles. The quantitative estimate of drug-likeness (QED) is 0.796. The van der Waals surface area contributed by atoms with Gasteiger partial charge in [-0.3, -0.25) is 0 Å². The molecule has 2 rings (SSSR count). The lowest BCUT2D eigenvalue weighted by Crippen LogP contribution is -2.35. The molecule has 0 radical (unpaired) electrons. The number of likely N-dealkylation sites (tertiary alicyclic amines) is 1. The summed E-state index contributed by atoms with van der Waals surface area (Å²) in [4.78, 5) is 2.26. The molecule has 2 heterocycles. The molecule has 78 valence electrons. The second kappa shape index (κ2) is 3.92. The van der Waals surface area contributed by atoms with Crippen LogP contribution in [0.4, 0.5) is 0 Å². The van der Waals surface area contributed by atoms with Crippen molar-refractivity contribution < 1.29 is 5.11 Å². The number of nitrogens with zero attached hydrogens (tertiary/aromatic N) is 3. The molecular weight excluding hydrogens is 198 g/mol. The Morgan fingerprint density at radius 1 is 1.71 bits per heavy atom. The van der Waals surface area contributed by atoms with Crippen LogP contribution in [-0.2, 0) is 6.42 Å². The lowest BCUT2D eigenvalue weighted by Gasteiger charge is -2.21. The van der Waals surface area contributed by atoms with Crippen molar-refractivity contribution in [2.45, 2.75) is 25.4 Å². The highest BCUT2D eigenvalue weighted by Gasteiger charge is 2.35. The van der Waals surface area contributed by atoms with Crippen molar-refractivity contribution in [1.29, 1.82) is 0 Å². The Morgan fingerprint density at radius 2 is 2.57 bits per heavy atom. The van der Waals surface area contributed by atoms with E-state index in [1.807, 2.05) is 0 Å². The molecule has 1 aliphatic heterocycles. The van der Waals surface area contributed by atoms with Crippen molar-refractivity contribution in [1.82, 2.24) is 13.6 Å². The van der Waals surface area contributed by atoms with E-state index >= 15 is 0 Å². The zero-order valence-corrected chi connectivity index (χ0v) is 9.13. The highest BCUT2D eigenvalue weighted by atomic mass is 32.1. The smallest absolute Gasteiger partial charge is 0.0842 e. The summed E-state index contributed by atoms with van der Waals surface area (Å²) in [7, 11) is 0. The Balaban J connectivity index is 1.97. The molecule has 4 nitrogen and oxygen atoms in total. The Bertz CT molecular complexity index is 290. The van der Waals surface area contributed by atoms with E-state index in [0.717, 1.165) is 31.7 Å². The van der Waals surface area contributed by atoms with Crippen molar-refractivity contribution in [2.75, 3.05) is 19.6 Å². The highest BCUT2D eigenvalue weighted by molar-refractivity contribution is 6.99. The number of aliphatic hydroxyl groups is 1. The zero-order chi connectivity index (χ0) is 10.0. The summed E-state index contributed by atoms with van der Waals surface area (Å²) >= 11 is 1.20. The van der Waals surface area contributed by atoms with Gasteiger partial charge in [-0.05, 0) is 13.0 Å². The minimum Gasteiger partial charge on any atom is -0.388 e. The molecular formula is C9H15N3OS. The molecule has 0 amide bonds. The summed E-state index contributed by atoms with van der Waals surface area (Å²) in [6, 6.07) is 0. The second-order valence-corrected chi connectivity index (χ2v) is 4.48. The molecule has 1 aliphatic rings. The van der Waals surface area contributed by atoms with Gasteiger partial charge in [-0.15, -0.1) is 0 Å². The van der Waals surface area contributed by atoms with Crippen LogP contribution in [0.25, 0.3) is 0 Å². The number of β-amino-alcohol motifs (C(OH)–C–C–N with tert-alkyl or cyclic N) is 1. The van der Waals surface area contributed by atoms with E-state index in [4.69, 9.17) is 0 Å². The lowest BCUT2D eigenvalue weighted by molar-refractivity contribution is 0.0495. The van der Waals surface area contributed by atoms with E-state index in [-0.39, 0.29) is 0 Å². The van der Waals surface area contributed by atoms with Crippen LogP contribution in [0.1, 0.15) is 19.0 Å². The molecule has 14 heavy (non-hydrogen) atoms. The number of aromatic nitrogens is 2. The average molecular weight is 213 g/mol. The average Bonchev–Trinajstić information content (AvgIpc) is 2.76. The highest BCUT2D eigenvalue weighted by Crippen LogP contribution is 2.24. The van der Waals surface area contributed by atoms with Gasteiger partial charge >= 0.3 is 0 Å². The number of hydrogen-bond donors (Lipinski definition) is 1. The topological polar surface area (TPSA) is 49.2 Å². The van der Waals surface area contributed by atoms with E-state index in [0.29, 0.717) is 6.42 Å². The molecule has 0 bridgehead atoms. The molecule has 1 fully saturated rings. The molecule has 1 unspecified atom stereocenters. The van der Waals surface area contributed by atoms with Gasteiger partial charge in [0.15, 0.2) is 0 Å². The van der Waals surface area contributed by atoms with Crippen molar-refractivity contribution >= 4 is 11.7 Å². The minimum absolute atomic E-state index is 0.578. The monoisotopic (exact) mass is 213 g/mol. The summed E-state index contributed by atoms with van der Waals surface area (Å²) in [6.45, 7) is 4.89. The normalized spacial score (nSPS) is 28.4. The maximum absolute atomic E-state index is 10.3. The first kappa shape index (κ1) is 10.0. The van der Waals surface area contributed by atoms with Crippen LogP contribution in [0.5, 0.6) is 0 Å². The molecule has 1 saturated heterocycles. The van der Waals surface area contributed by atoms with Crippen molar-refractivity contribution in [3.63, 3.8) is 0 Å². The largest absolute Gasteiger partial charge is 0.388 e. The van der Waals surface area contributed by atoms with E-state index in [1.165, 1.54) is 11.7 Å². The van der Waals surface area contributed by atoms with Crippen molar-refractivity contribution in [3.05, 3.63) is 11.9 Å². The van der Waals surface area contributed by atoms with E-state index in [2.05, 4.69) is 20.6 Å². The predicted octanol–water partition coefficient (Wildman–Crippen LogP) is 0.537. The Labute approximate surface area is 87.9 Å². The fraction of sp³-hybridized carbons (Fsp3) is 0.778. The van der Waals surface area contributed by atoms with Gasteiger partial charge in [0.1, 0.15) is 0 Å². The van der Waals surface area contributed by atoms with E-state index in [1.54, 1.807) is 6.20 Å². The van der Waals surface area contributed by atoms with Gasteiger partial charge in [0.2, 0.25) is 0 Å². The van der Waals surface area contributed by atoms with Crippen LogP contribution in [0, 0.1) is 0 Å². The maximum atomic E-state index is 10.3. The van der Waals surface area contributed by atoms with E-state index < -0.39 is 5.60 Å². The Hall–Kier alpha value is -0.520. The number of rotatable bonds is 3. The third-order valence-electron chi connectivity index (χ3n) is 2.78. The van der Waals surface area contributed by atoms with Gasteiger partial charge in [-0.1, -0.05) is 6.92 Å². The number of likely N-dealkylation sites (N-methyl/N-ethyl adjacent to an activating group) is 1. The third-order valence-corrected chi connectivity index (χ3v) is 3.29. The van der Waals surface area contributed by atoms with Gasteiger partial charge in [0, 0.05) is 19.5 Å². The minimum atomic E-state index is -0.578. The standard InChI is InChI=1S/C9H15N3OS/c1-2-12-4-3-9(13,7-12)5-8-6-10-14-11-8/h6,13H,2-5,7H2,1H3. The van der Waals surface area contributed by atoms with Crippen LogP contribution >= 0.6 is 11.7 Å². The molecule has 5 heteroatoms. The first-order chi connectivity index (χ1) is 6.72. The summed E-state index contributed by atoms with van der Waals surface area (Å²) in [5.41, 5.74) is 0.335. The second-order valence-electron chi connectivity index (χ2n) is 3.92. The van der Waals surface area contributed by atoms with Crippen molar-refractivity contribution in [2.24, 2.45) is 0 Å². The van der Waals surface area contributed by atoms with Gasteiger partial charge in [-0.2, -0.15) is 8.75 Å². The molecule has 1 aromatic heterocycles. The van der Waals surface area contributed by atoms with Gasteiger partial charge < -0.3 is 10.0 Å². The Morgan fingerprint density at radius 3 is 3.14 bits per heavy atom. The van der Waals surface area contributed by atoms with Crippen molar-refractivity contribution in [3.8, 4) is 0 Å². The van der Waals surface area contributed by atoms with Crippen LogP contribution in [0.15, 0.2) is 6.20 Å². The predicted molar refractivity (Wildman–Crippen MR) is 55.3 cm³/mol. The fourth-order valence-electron chi connectivity index (χ4n) is 1.95. The van der Waals surface area contributed by atoms with Crippen LogP contribution in [0.3, 0.4) is 0 Å². The van der Waals surface area contributed by atoms with Crippen LogP contribution < -0.4 is 0 Å². The summed E-state index contributed by atoms with van der Waals surface area (Å²) < 4.78 is 8.07. The third kappa shape index (κ3) is 2.10. The molecule has 0 saturated carbocycles. The summed E-state index contributed by atoms with van der Waals surface area (Å²) in [5.74, 6) is 0. The number of hydrogen-bond acceptors (Lipinski definition) is 5. The first-order valence-corrected chi connectivity index (χ1v) is 5.66. The molecule has 1 aromatic rings. The molecule has 0 spiro atoms. The first-order valence-electron chi connectivity index (χ1n) is 4.93. The van der Waals surface area contributed by atoms with E-state index in [9.17, 15) is 5.11 Å². The molecule has 0 aliphatic carbocycles. The fourth-order valence-corrected chi connectivity index (χ4v) is 2.39. The lowest BCUT2D eigenvalue weighted by atomic mass is 9.97. The maximum Gasteiger partial charge on any atom is 0.0842 e. The Kier molecular flexibility index (Phi) is 2.80. The summed E-state index contributed by atoms with van der Waals surface area (Å²) in [6.07, 6.45) is 3.23. The van der Waals surface area contributed by atoms with Crippen LogP contribution in [-0.4, -0.2) is 44.0 Å². The molecule has 1 N–H and O–H groups in total. The van der Waals surface area contributed by atoms with Gasteiger partial charge in [-0.25, -0.2) is 0 Å². The van der Waals surface area contributed by atoms with Crippen LogP contribution in [0.2, 0.25) is 0 Å². The van der Waals surface area contributed by atoms with Gasteiger partial charge in [0.25, 0.3) is 0 Å². The van der Waals surface area contributed by atoms with Gasteiger partial charge in [0.05, 0.1) is 29.2 Å². The zero-order valence-electron chi connectivity index (χ0n) is 8.31. The SMILES string of the molecule is CCN1CCC(O)(Cc2cnsn2)C1.